The average Bonchev–Trinajstić information content (AvgIpc) is 2.55. The quantitative estimate of drug-likeness (QED) is 0.535. The Balaban J connectivity index is 2.47. The summed E-state index contributed by atoms with van der Waals surface area (Å²) >= 11 is 0. The Morgan fingerprint density at radius 3 is 2.64 bits per heavy atom. The van der Waals surface area contributed by atoms with Crippen LogP contribution in [0.1, 0.15) is 12.0 Å². The molecule has 1 aromatic rings. The van der Waals surface area contributed by atoms with Gasteiger partial charge in [0.2, 0.25) is 0 Å². The molecule has 0 unspecified atom stereocenters. The molecule has 0 aromatic heterocycles. The van der Waals surface area contributed by atoms with E-state index in [0.29, 0.717) is 13.0 Å². The summed E-state index contributed by atoms with van der Waals surface area (Å²) in [6.07, 6.45) is 1.23. The lowest BCUT2D eigenvalue weighted by atomic mass is 10.2. The molecule has 2 N–H and O–H groups in total. The van der Waals surface area contributed by atoms with Gasteiger partial charge in [-0.1, -0.05) is 43.0 Å². The fourth-order valence-electron chi connectivity index (χ4n) is 1.69. The van der Waals surface area contributed by atoms with Crippen molar-refractivity contribution in [1.82, 2.24) is 10.6 Å². The molecule has 120 valence electrons. The Labute approximate surface area is 130 Å². The number of benzene rings is 1. The van der Waals surface area contributed by atoms with Crippen molar-refractivity contribution in [3.8, 4) is 0 Å². The molecule has 0 saturated carbocycles. The highest BCUT2D eigenvalue weighted by Crippen LogP contribution is 2.02. The molecule has 0 aliphatic carbocycles. The fraction of sp³-hybridized carbons (Fsp3) is 0.375. The molecule has 0 aliphatic rings. The van der Waals surface area contributed by atoms with Crippen molar-refractivity contribution in [2.24, 2.45) is 0 Å². The molecule has 0 spiro atoms. The van der Waals surface area contributed by atoms with Crippen LogP contribution in [0.5, 0.6) is 0 Å². The van der Waals surface area contributed by atoms with E-state index in [9.17, 15) is 9.59 Å². The first-order chi connectivity index (χ1) is 10.7. The lowest BCUT2D eigenvalue weighted by Crippen LogP contribution is -2.43. The second-order valence-electron chi connectivity index (χ2n) is 4.57. The maximum absolute atomic E-state index is 11.8. The summed E-state index contributed by atoms with van der Waals surface area (Å²) < 4.78 is 10.1. The van der Waals surface area contributed by atoms with Gasteiger partial charge in [-0.15, -0.1) is 0 Å². The zero-order valence-corrected chi connectivity index (χ0v) is 12.7. The summed E-state index contributed by atoms with van der Waals surface area (Å²) in [6, 6.07) is 8.55. The summed E-state index contributed by atoms with van der Waals surface area (Å²) in [5.74, 6) is -0.508. The molecule has 0 radical (unpaired) electrons. The van der Waals surface area contributed by atoms with Gasteiger partial charge in [0.1, 0.15) is 19.3 Å². The highest BCUT2D eigenvalue weighted by atomic mass is 16.6. The number of carbonyl (C=O) groups excluding carboxylic acids is 2. The van der Waals surface area contributed by atoms with Crippen molar-refractivity contribution >= 4 is 12.1 Å². The predicted molar refractivity (Wildman–Crippen MR) is 83.3 cm³/mol. The summed E-state index contributed by atoms with van der Waals surface area (Å²) in [6.45, 7) is 4.29. The molecular formula is C16H22N2O4. The van der Waals surface area contributed by atoms with E-state index < -0.39 is 18.1 Å². The third-order valence-electron chi connectivity index (χ3n) is 2.82. The Morgan fingerprint density at radius 2 is 2.00 bits per heavy atom. The van der Waals surface area contributed by atoms with Crippen LogP contribution in [0.25, 0.3) is 0 Å². The van der Waals surface area contributed by atoms with Crippen LogP contribution >= 0.6 is 0 Å². The van der Waals surface area contributed by atoms with Crippen LogP contribution in [0.4, 0.5) is 4.79 Å². The van der Waals surface area contributed by atoms with Gasteiger partial charge in [0.25, 0.3) is 0 Å². The number of alkyl carbamates (subject to hydrolysis) is 1. The van der Waals surface area contributed by atoms with Gasteiger partial charge < -0.3 is 20.1 Å². The lowest BCUT2D eigenvalue weighted by molar-refractivity contribution is -0.144. The first-order valence-corrected chi connectivity index (χ1v) is 7.06. The van der Waals surface area contributed by atoms with Gasteiger partial charge in [-0.25, -0.2) is 9.59 Å². The largest absolute Gasteiger partial charge is 0.460 e. The molecule has 6 heteroatoms. The fourth-order valence-corrected chi connectivity index (χ4v) is 1.69. The molecule has 1 aromatic carbocycles. The van der Waals surface area contributed by atoms with Gasteiger partial charge in [-0.05, 0) is 25.6 Å². The molecule has 6 nitrogen and oxygen atoms in total. The van der Waals surface area contributed by atoms with Crippen molar-refractivity contribution in [2.45, 2.75) is 19.1 Å². The zero-order valence-electron chi connectivity index (χ0n) is 12.7. The van der Waals surface area contributed by atoms with Gasteiger partial charge in [-0.3, -0.25) is 0 Å². The third-order valence-corrected chi connectivity index (χ3v) is 2.82. The maximum atomic E-state index is 11.8. The van der Waals surface area contributed by atoms with Gasteiger partial charge in [-0.2, -0.15) is 0 Å². The number of hydrogen-bond donors (Lipinski definition) is 2. The molecular weight excluding hydrogens is 284 g/mol. The van der Waals surface area contributed by atoms with Crippen LogP contribution in [0.3, 0.4) is 0 Å². The molecule has 1 amide bonds. The molecule has 22 heavy (non-hydrogen) atoms. The third kappa shape index (κ3) is 6.90. The van der Waals surface area contributed by atoms with E-state index in [1.54, 1.807) is 7.05 Å². The SMILES string of the molecule is C=CCOC(=O)[C@H](CCNC)NC(=O)OCc1ccccc1. The van der Waals surface area contributed by atoms with Crippen LogP contribution in [0.15, 0.2) is 43.0 Å². The molecule has 0 saturated heterocycles. The minimum atomic E-state index is -0.754. The van der Waals surface area contributed by atoms with Crippen LogP contribution in [-0.4, -0.2) is 38.3 Å². The molecule has 1 rings (SSSR count). The second kappa shape index (κ2) is 10.4. The molecule has 1 atom stereocenters. The van der Waals surface area contributed by atoms with Crippen molar-refractivity contribution in [2.75, 3.05) is 20.2 Å². The number of nitrogens with one attached hydrogen (secondary N) is 2. The Morgan fingerprint density at radius 1 is 1.27 bits per heavy atom. The van der Waals surface area contributed by atoms with E-state index in [1.165, 1.54) is 6.08 Å². The monoisotopic (exact) mass is 306 g/mol. The Bertz CT molecular complexity index is 476. The number of esters is 1. The minimum Gasteiger partial charge on any atom is -0.460 e. The summed E-state index contributed by atoms with van der Waals surface area (Å²) in [7, 11) is 1.76. The Kier molecular flexibility index (Phi) is 8.37. The lowest BCUT2D eigenvalue weighted by Gasteiger charge is -2.17. The van der Waals surface area contributed by atoms with Crippen molar-refractivity contribution in [1.29, 1.82) is 0 Å². The van der Waals surface area contributed by atoms with E-state index >= 15 is 0 Å². The molecule has 0 heterocycles. The first kappa shape index (κ1) is 17.7. The smallest absolute Gasteiger partial charge is 0.408 e. The zero-order chi connectivity index (χ0) is 16.2. The van der Waals surface area contributed by atoms with E-state index in [4.69, 9.17) is 9.47 Å². The van der Waals surface area contributed by atoms with Crippen LogP contribution in [0, 0.1) is 0 Å². The van der Waals surface area contributed by atoms with E-state index in [-0.39, 0.29) is 13.2 Å². The van der Waals surface area contributed by atoms with Crippen molar-refractivity contribution in [3.05, 3.63) is 48.6 Å². The van der Waals surface area contributed by atoms with Gasteiger partial charge in [0.15, 0.2) is 0 Å². The second-order valence-corrected chi connectivity index (χ2v) is 4.57. The minimum absolute atomic E-state index is 0.107. The average molecular weight is 306 g/mol. The van der Waals surface area contributed by atoms with Crippen LogP contribution in [-0.2, 0) is 20.9 Å². The van der Waals surface area contributed by atoms with E-state index in [0.717, 1.165) is 5.56 Å². The van der Waals surface area contributed by atoms with Crippen LogP contribution in [0.2, 0.25) is 0 Å². The van der Waals surface area contributed by atoms with E-state index in [2.05, 4.69) is 17.2 Å². The van der Waals surface area contributed by atoms with Crippen molar-refractivity contribution < 1.29 is 19.1 Å². The van der Waals surface area contributed by atoms with Gasteiger partial charge in [0, 0.05) is 0 Å². The highest BCUT2D eigenvalue weighted by Gasteiger charge is 2.22. The molecule has 0 fully saturated rings. The Hall–Kier alpha value is -2.34. The van der Waals surface area contributed by atoms with Crippen LogP contribution < -0.4 is 10.6 Å². The first-order valence-electron chi connectivity index (χ1n) is 7.06. The number of amides is 1. The number of carbonyl (C=O) groups is 2. The van der Waals surface area contributed by atoms with Crippen molar-refractivity contribution in [3.63, 3.8) is 0 Å². The number of rotatable bonds is 9. The topological polar surface area (TPSA) is 76.7 Å². The predicted octanol–water partition coefficient (Wildman–Crippen LogP) is 1.62. The summed E-state index contributed by atoms with van der Waals surface area (Å²) in [5, 5.41) is 5.44. The van der Waals surface area contributed by atoms with Gasteiger partial charge >= 0.3 is 12.1 Å². The maximum Gasteiger partial charge on any atom is 0.408 e. The summed E-state index contributed by atoms with van der Waals surface area (Å²) in [4.78, 5) is 23.6. The number of hydrogen-bond acceptors (Lipinski definition) is 5. The molecule has 0 aliphatic heterocycles. The standard InChI is InChI=1S/C16H22N2O4/c1-3-11-21-15(19)14(9-10-17-2)18-16(20)22-12-13-7-5-4-6-8-13/h3-8,14,17H,1,9-12H2,2H3,(H,18,20)/t14-/m0/s1. The van der Waals surface area contributed by atoms with E-state index in [1.807, 2.05) is 30.3 Å². The highest BCUT2D eigenvalue weighted by molar-refractivity contribution is 5.81. The number of ether oxygens (including phenoxy) is 2. The van der Waals surface area contributed by atoms with Gasteiger partial charge in [0.05, 0.1) is 0 Å². The normalized spacial score (nSPS) is 11.3. The molecule has 0 bridgehead atoms. The summed E-state index contributed by atoms with van der Waals surface area (Å²) in [5.41, 5.74) is 0.874.